The minimum absolute atomic E-state index is 0.00754. The topological polar surface area (TPSA) is 288 Å². The monoisotopic (exact) mass is 811 g/mol. The predicted octanol–water partition coefficient (Wildman–Crippen LogP) is -0.352. The summed E-state index contributed by atoms with van der Waals surface area (Å²) in [5.74, 6) is -4.26. The first-order chi connectivity index (χ1) is 27.1. The number of aromatic amines is 2. The van der Waals surface area contributed by atoms with Crippen LogP contribution in [-0.2, 0) is 46.4 Å². The molecule has 1 aromatic carbocycles. The number of H-pyrrole nitrogens is 2. The Morgan fingerprint density at radius 3 is 1.98 bits per heavy atom. The number of aromatic nitrogens is 3. The average molecular weight is 812 g/mol. The number of thioether (sulfide) groups is 1. The molecule has 18 nitrogen and oxygen atoms in total. The number of imidazole rings is 1. The quantitative estimate of drug-likeness (QED) is 0.0525. The Morgan fingerprint density at radius 1 is 0.754 bits per heavy atom. The molecule has 12 N–H and O–H groups in total. The minimum atomic E-state index is -1.27. The summed E-state index contributed by atoms with van der Waals surface area (Å²) in [5.41, 5.74) is 13.1. The van der Waals surface area contributed by atoms with E-state index < -0.39 is 83.5 Å². The first kappa shape index (κ1) is 46.0. The smallest absolute Gasteiger partial charge is 0.243 e. The maximum absolute atomic E-state index is 14.3. The SMILES string of the molecule is CSCC[C@H](NC(C)=O)C(=O)N[C@H](C(=O)N[C@@H](Cc1cnc[nH]1)C(=O)N[C@@H](Cc1c[nH]c2ccccc12)C(=O)N[C@@H](CCCCN)C(=O)N[C@@H](C)C(N)=O)C(C)C. The van der Waals surface area contributed by atoms with E-state index in [0.717, 1.165) is 10.9 Å². The van der Waals surface area contributed by atoms with Crippen LogP contribution in [0, 0.1) is 5.92 Å². The first-order valence-electron chi connectivity index (χ1n) is 18.9. The lowest BCUT2D eigenvalue weighted by Crippen LogP contribution is -2.61. The van der Waals surface area contributed by atoms with Crippen molar-refractivity contribution in [1.29, 1.82) is 0 Å². The van der Waals surface area contributed by atoms with Crippen LogP contribution in [-0.4, -0.2) is 111 Å². The van der Waals surface area contributed by atoms with E-state index in [1.165, 1.54) is 38.1 Å². The Balaban J connectivity index is 1.94. The molecule has 6 atom stereocenters. The summed E-state index contributed by atoms with van der Waals surface area (Å²) in [6.45, 7) is 6.55. The first-order valence-corrected chi connectivity index (χ1v) is 20.3. The number of para-hydroxylation sites is 1. The van der Waals surface area contributed by atoms with Crippen molar-refractivity contribution < 1.29 is 33.6 Å². The molecule has 7 amide bonds. The van der Waals surface area contributed by atoms with E-state index in [1.54, 1.807) is 20.0 Å². The van der Waals surface area contributed by atoms with Gasteiger partial charge in [0.05, 0.1) is 6.33 Å². The second-order valence-electron chi connectivity index (χ2n) is 14.2. The fourth-order valence-corrected chi connectivity index (χ4v) is 6.52. The molecule has 0 radical (unpaired) electrons. The lowest BCUT2D eigenvalue weighted by Gasteiger charge is -2.28. The Kier molecular flexibility index (Phi) is 18.5. The van der Waals surface area contributed by atoms with Gasteiger partial charge in [-0.3, -0.25) is 33.6 Å². The van der Waals surface area contributed by atoms with Crippen molar-refractivity contribution in [2.45, 2.75) is 102 Å². The maximum atomic E-state index is 14.3. The summed E-state index contributed by atoms with van der Waals surface area (Å²) in [6.07, 6.45) is 8.02. The fourth-order valence-electron chi connectivity index (χ4n) is 6.05. The number of rotatable bonds is 24. The number of hydrogen-bond donors (Lipinski definition) is 10. The highest BCUT2D eigenvalue weighted by Crippen LogP contribution is 2.20. The van der Waals surface area contributed by atoms with Gasteiger partial charge >= 0.3 is 0 Å². The van der Waals surface area contributed by atoms with E-state index in [9.17, 15) is 33.6 Å². The Bertz CT molecular complexity index is 1820. The lowest BCUT2D eigenvalue weighted by molar-refractivity contribution is -0.135. The van der Waals surface area contributed by atoms with Gasteiger partial charge in [-0.1, -0.05) is 32.0 Å². The van der Waals surface area contributed by atoms with Crippen LogP contribution in [0.1, 0.15) is 64.6 Å². The van der Waals surface area contributed by atoms with Crippen LogP contribution in [0.5, 0.6) is 0 Å². The molecule has 3 rings (SSSR count). The number of unbranched alkanes of at least 4 members (excludes halogenated alkanes) is 1. The molecule has 0 spiro atoms. The molecule has 0 aliphatic rings. The summed E-state index contributed by atoms with van der Waals surface area (Å²) >= 11 is 1.50. The van der Waals surface area contributed by atoms with Gasteiger partial charge in [0.25, 0.3) is 0 Å². The maximum Gasteiger partial charge on any atom is 0.243 e. The molecule has 3 aromatic rings. The zero-order chi connectivity index (χ0) is 42.1. The number of carbonyl (C=O) groups excluding carboxylic acids is 7. The third-order valence-electron chi connectivity index (χ3n) is 9.26. The number of amides is 7. The summed E-state index contributed by atoms with van der Waals surface area (Å²) in [7, 11) is 0. The van der Waals surface area contributed by atoms with E-state index in [-0.39, 0.29) is 19.3 Å². The molecule has 2 heterocycles. The second kappa shape index (κ2) is 23.0. The number of nitrogens with two attached hydrogens (primary N) is 2. The van der Waals surface area contributed by atoms with E-state index >= 15 is 0 Å². The number of fused-ring (bicyclic) bond motifs is 1. The number of primary amides is 1. The number of carbonyl (C=O) groups is 7. The molecular formula is C38H57N11O7S. The highest BCUT2D eigenvalue weighted by atomic mass is 32.2. The van der Waals surface area contributed by atoms with Crippen LogP contribution in [0.25, 0.3) is 10.9 Å². The molecule has 0 unspecified atom stereocenters. The van der Waals surface area contributed by atoms with Gasteiger partial charge in [0.2, 0.25) is 41.4 Å². The molecule has 0 bridgehead atoms. The summed E-state index contributed by atoms with van der Waals surface area (Å²) in [5, 5.41) is 17.0. The molecule has 0 aliphatic heterocycles. The standard InChI is InChI=1S/C38H57N11O7S/c1-21(2)32(49-35(53)29(13-15-57-5)45-23(4)50)38(56)48-31(17-25-19-41-20-43-25)37(55)47-30(16-24-18-42-27-11-7-6-10-26(24)27)36(54)46-28(12-8-9-14-39)34(52)44-22(3)33(40)51/h6-7,10-11,18-22,28-32,42H,8-9,12-17,39H2,1-5H3,(H2,40,51)(H,41,43)(H,44,52)(H,45,50)(H,46,54)(H,47,55)(H,48,56)(H,49,53)/t22-,28-,29-,30-,31-,32-/m0/s1. The van der Waals surface area contributed by atoms with Gasteiger partial charge in [0, 0.05) is 48.8 Å². The van der Waals surface area contributed by atoms with Crippen molar-refractivity contribution >= 4 is 64.0 Å². The number of nitrogens with zero attached hydrogens (tertiary/aromatic N) is 1. The Labute approximate surface area is 336 Å². The third kappa shape index (κ3) is 14.5. The van der Waals surface area contributed by atoms with E-state index in [0.29, 0.717) is 42.8 Å². The van der Waals surface area contributed by atoms with Crippen molar-refractivity contribution in [1.82, 2.24) is 46.9 Å². The van der Waals surface area contributed by atoms with Crippen LogP contribution < -0.4 is 43.4 Å². The van der Waals surface area contributed by atoms with E-state index in [4.69, 9.17) is 11.5 Å². The molecule has 57 heavy (non-hydrogen) atoms. The highest BCUT2D eigenvalue weighted by Gasteiger charge is 2.34. The van der Waals surface area contributed by atoms with Crippen molar-refractivity contribution in [3.63, 3.8) is 0 Å². The molecule has 0 fully saturated rings. The third-order valence-corrected chi connectivity index (χ3v) is 9.90. The summed E-state index contributed by atoms with van der Waals surface area (Å²) in [4.78, 5) is 103. The van der Waals surface area contributed by atoms with Crippen molar-refractivity contribution in [3.05, 3.63) is 54.2 Å². The van der Waals surface area contributed by atoms with Crippen molar-refractivity contribution in [2.24, 2.45) is 17.4 Å². The summed E-state index contributed by atoms with van der Waals surface area (Å²) in [6, 6.07) is 0.823. The van der Waals surface area contributed by atoms with Crippen LogP contribution in [0.4, 0.5) is 0 Å². The van der Waals surface area contributed by atoms with Crippen LogP contribution in [0.15, 0.2) is 43.0 Å². The van der Waals surface area contributed by atoms with Gasteiger partial charge in [0.1, 0.15) is 36.3 Å². The van der Waals surface area contributed by atoms with Crippen molar-refractivity contribution in [2.75, 3.05) is 18.6 Å². The predicted molar refractivity (Wildman–Crippen MR) is 217 cm³/mol. The van der Waals surface area contributed by atoms with Gasteiger partial charge < -0.3 is 53.3 Å². The molecule has 19 heteroatoms. The highest BCUT2D eigenvalue weighted by molar-refractivity contribution is 7.98. The second-order valence-corrected chi connectivity index (χ2v) is 15.2. The van der Waals surface area contributed by atoms with E-state index in [1.807, 2.05) is 30.5 Å². The fraction of sp³-hybridized carbons (Fsp3) is 0.526. The Hall–Kier alpha value is -5.43. The normalized spacial score (nSPS) is 14.4. The van der Waals surface area contributed by atoms with E-state index in [2.05, 4.69) is 46.9 Å². The zero-order valence-corrected chi connectivity index (χ0v) is 33.9. The van der Waals surface area contributed by atoms with Crippen LogP contribution in [0.2, 0.25) is 0 Å². The molecule has 0 aliphatic carbocycles. The largest absolute Gasteiger partial charge is 0.368 e. The van der Waals surface area contributed by atoms with Gasteiger partial charge in [-0.25, -0.2) is 4.98 Å². The molecule has 0 saturated carbocycles. The van der Waals surface area contributed by atoms with Gasteiger partial charge in [-0.05, 0) is 68.7 Å². The minimum Gasteiger partial charge on any atom is -0.368 e. The number of hydrogen-bond acceptors (Lipinski definition) is 10. The van der Waals surface area contributed by atoms with Gasteiger partial charge in [-0.2, -0.15) is 11.8 Å². The summed E-state index contributed by atoms with van der Waals surface area (Å²) < 4.78 is 0. The molecule has 0 saturated heterocycles. The zero-order valence-electron chi connectivity index (χ0n) is 33.1. The van der Waals surface area contributed by atoms with Crippen LogP contribution in [0.3, 0.4) is 0 Å². The number of benzene rings is 1. The van der Waals surface area contributed by atoms with Gasteiger partial charge in [-0.15, -0.1) is 0 Å². The molecule has 2 aromatic heterocycles. The molecule has 312 valence electrons. The van der Waals surface area contributed by atoms with Crippen LogP contribution >= 0.6 is 11.8 Å². The van der Waals surface area contributed by atoms with Crippen molar-refractivity contribution in [3.8, 4) is 0 Å². The average Bonchev–Trinajstić information content (AvgIpc) is 3.84. The molecular weight excluding hydrogens is 755 g/mol. The number of nitrogens with one attached hydrogen (secondary N) is 8. The van der Waals surface area contributed by atoms with Gasteiger partial charge in [0.15, 0.2) is 0 Å². The lowest BCUT2D eigenvalue weighted by atomic mass is 10.0. The Morgan fingerprint density at radius 2 is 1.37 bits per heavy atom.